The van der Waals surface area contributed by atoms with E-state index >= 15 is 0 Å². The van der Waals surface area contributed by atoms with Crippen molar-refractivity contribution >= 4 is 5.91 Å². The highest BCUT2D eigenvalue weighted by atomic mass is 16.1. The van der Waals surface area contributed by atoms with Crippen LogP contribution in [-0.4, -0.2) is 22.0 Å². The Balaban J connectivity index is 1.49. The molecule has 3 unspecified atom stereocenters. The second-order valence-electron chi connectivity index (χ2n) is 5.79. The molecule has 0 saturated heterocycles. The van der Waals surface area contributed by atoms with Crippen LogP contribution in [0.4, 0.5) is 0 Å². The van der Waals surface area contributed by atoms with Crippen molar-refractivity contribution in [3.63, 3.8) is 0 Å². The van der Waals surface area contributed by atoms with Crippen LogP contribution in [0.1, 0.15) is 24.2 Å². The topological polar surface area (TPSA) is 46.9 Å². The molecule has 1 N–H and O–H groups in total. The van der Waals surface area contributed by atoms with Gasteiger partial charge in [0.25, 0.3) is 0 Å². The normalized spacial score (nSPS) is 28.0. The Morgan fingerprint density at radius 3 is 2.84 bits per heavy atom. The first-order chi connectivity index (χ1) is 9.15. The number of fused-ring (bicyclic) bond motifs is 2. The standard InChI is InChI=1S/C15H21N3O/c1-10-11(2)18(9-17-10)6-5-16-15(19)14-8-12-3-4-13(14)7-12/h3-4,9,12-14H,5-8H2,1-2H3,(H,16,19). The molecule has 1 heterocycles. The minimum absolute atomic E-state index is 0.209. The molecule has 3 rings (SSSR count). The highest BCUT2D eigenvalue weighted by Gasteiger charge is 2.39. The van der Waals surface area contributed by atoms with E-state index in [1.54, 1.807) is 0 Å². The molecule has 19 heavy (non-hydrogen) atoms. The Morgan fingerprint density at radius 1 is 1.42 bits per heavy atom. The van der Waals surface area contributed by atoms with Crippen molar-refractivity contribution in [1.82, 2.24) is 14.9 Å². The fourth-order valence-electron chi connectivity index (χ4n) is 3.28. The minimum atomic E-state index is 0.209. The van der Waals surface area contributed by atoms with Crippen LogP contribution >= 0.6 is 0 Å². The Morgan fingerprint density at radius 2 is 2.26 bits per heavy atom. The average molecular weight is 259 g/mol. The van der Waals surface area contributed by atoms with Gasteiger partial charge in [-0.05, 0) is 38.5 Å². The van der Waals surface area contributed by atoms with E-state index in [4.69, 9.17) is 0 Å². The number of imidazole rings is 1. The molecule has 2 aliphatic rings. The zero-order valence-corrected chi connectivity index (χ0v) is 11.6. The lowest BCUT2D eigenvalue weighted by atomic mass is 9.93. The maximum atomic E-state index is 12.1. The van der Waals surface area contributed by atoms with Crippen LogP contribution in [0.25, 0.3) is 0 Å². The smallest absolute Gasteiger partial charge is 0.223 e. The average Bonchev–Trinajstić information content (AvgIpc) is 3.09. The molecule has 0 aromatic carbocycles. The van der Waals surface area contributed by atoms with Gasteiger partial charge in [-0.1, -0.05) is 12.2 Å². The molecule has 0 radical (unpaired) electrons. The third-order valence-corrected chi connectivity index (χ3v) is 4.61. The van der Waals surface area contributed by atoms with Crippen molar-refractivity contribution in [2.24, 2.45) is 17.8 Å². The maximum Gasteiger partial charge on any atom is 0.223 e. The molecule has 0 spiro atoms. The first-order valence-corrected chi connectivity index (χ1v) is 7.09. The molecular weight excluding hydrogens is 238 g/mol. The number of hydrogen-bond acceptors (Lipinski definition) is 2. The van der Waals surface area contributed by atoms with Gasteiger partial charge in [0, 0.05) is 24.7 Å². The summed E-state index contributed by atoms with van der Waals surface area (Å²) in [4.78, 5) is 16.4. The molecule has 2 aliphatic carbocycles. The van der Waals surface area contributed by atoms with Crippen molar-refractivity contribution in [3.8, 4) is 0 Å². The molecular formula is C15H21N3O. The van der Waals surface area contributed by atoms with Crippen LogP contribution in [0.3, 0.4) is 0 Å². The molecule has 1 fully saturated rings. The third-order valence-electron chi connectivity index (χ3n) is 4.61. The second-order valence-corrected chi connectivity index (χ2v) is 5.79. The van der Waals surface area contributed by atoms with Crippen LogP contribution < -0.4 is 5.32 Å². The van der Waals surface area contributed by atoms with Crippen LogP contribution in [0, 0.1) is 31.6 Å². The highest BCUT2D eigenvalue weighted by molar-refractivity contribution is 5.79. The van der Waals surface area contributed by atoms with Crippen LogP contribution in [0.15, 0.2) is 18.5 Å². The van der Waals surface area contributed by atoms with E-state index in [2.05, 4.69) is 33.9 Å². The summed E-state index contributed by atoms with van der Waals surface area (Å²) in [7, 11) is 0. The van der Waals surface area contributed by atoms with Gasteiger partial charge in [0.2, 0.25) is 5.91 Å². The molecule has 0 aliphatic heterocycles. The minimum Gasteiger partial charge on any atom is -0.354 e. The summed E-state index contributed by atoms with van der Waals surface area (Å²) in [6, 6.07) is 0. The van der Waals surface area contributed by atoms with Crippen molar-refractivity contribution in [3.05, 3.63) is 29.9 Å². The number of amides is 1. The van der Waals surface area contributed by atoms with E-state index in [0.29, 0.717) is 18.4 Å². The number of carbonyl (C=O) groups excluding carboxylic acids is 1. The number of allylic oxidation sites excluding steroid dienone is 2. The summed E-state index contributed by atoms with van der Waals surface area (Å²) in [6.45, 7) is 5.55. The highest BCUT2D eigenvalue weighted by Crippen LogP contribution is 2.43. The third kappa shape index (κ3) is 2.31. The van der Waals surface area contributed by atoms with E-state index in [-0.39, 0.29) is 11.8 Å². The first-order valence-electron chi connectivity index (χ1n) is 7.09. The molecule has 1 amide bonds. The molecule has 4 heteroatoms. The first kappa shape index (κ1) is 12.5. The molecule has 4 nitrogen and oxygen atoms in total. The van der Waals surface area contributed by atoms with Gasteiger partial charge in [-0.15, -0.1) is 0 Å². The maximum absolute atomic E-state index is 12.1. The zero-order valence-electron chi connectivity index (χ0n) is 11.6. The Hall–Kier alpha value is -1.58. The van der Waals surface area contributed by atoms with E-state index < -0.39 is 0 Å². The molecule has 102 valence electrons. The number of rotatable bonds is 4. The van der Waals surface area contributed by atoms with Gasteiger partial charge >= 0.3 is 0 Å². The quantitative estimate of drug-likeness (QED) is 0.839. The van der Waals surface area contributed by atoms with Crippen LogP contribution in [0.2, 0.25) is 0 Å². The number of nitrogens with zero attached hydrogens (tertiary/aromatic N) is 2. The predicted octanol–water partition coefficient (Wildman–Crippen LogP) is 1.83. The van der Waals surface area contributed by atoms with Gasteiger partial charge in [0.15, 0.2) is 0 Å². The SMILES string of the molecule is Cc1ncn(CCNC(=O)C2CC3C=CC2C3)c1C. The predicted molar refractivity (Wildman–Crippen MR) is 73.6 cm³/mol. The van der Waals surface area contributed by atoms with E-state index in [1.807, 2.05) is 13.3 Å². The molecule has 1 aromatic rings. The van der Waals surface area contributed by atoms with Crippen LogP contribution in [-0.2, 0) is 11.3 Å². The van der Waals surface area contributed by atoms with Crippen molar-refractivity contribution in [2.45, 2.75) is 33.2 Å². The van der Waals surface area contributed by atoms with Gasteiger partial charge in [-0.3, -0.25) is 4.79 Å². The lowest BCUT2D eigenvalue weighted by molar-refractivity contribution is -0.125. The summed E-state index contributed by atoms with van der Waals surface area (Å²) in [6.07, 6.45) is 8.55. The van der Waals surface area contributed by atoms with Crippen molar-refractivity contribution < 1.29 is 4.79 Å². The summed E-state index contributed by atoms with van der Waals surface area (Å²) in [5.74, 6) is 1.58. The summed E-state index contributed by atoms with van der Waals surface area (Å²) in [5.41, 5.74) is 2.24. The van der Waals surface area contributed by atoms with Gasteiger partial charge in [0.1, 0.15) is 0 Å². The van der Waals surface area contributed by atoms with Crippen LogP contribution in [0.5, 0.6) is 0 Å². The second kappa shape index (κ2) is 4.83. The number of aryl methyl sites for hydroxylation is 1. The van der Waals surface area contributed by atoms with Crippen molar-refractivity contribution in [1.29, 1.82) is 0 Å². The van der Waals surface area contributed by atoms with E-state index in [9.17, 15) is 4.79 Å². The number of carbonyl (C=O) groups is 1. The summed E-state index contributed by atoms with van der Waals surface area (Å²) < 4.78 is 2.09. The van der Waals surface area contributed by atoms with Gasteiger partial charge in [-0.25, -0.2) is 4.98 Å². The number of aromatic nitrogens is 2. The Kier molecular flexibility index (Phi) is 3.17. The molecule has 1 saturated carbocycles. The zero-order chi connectivity index (χ0) is 13.4. The Labute approximate surface area is 113 Å². The number of nitrogens with one attached hydrogen (secondary N) is 1. The summed E-state index contributed by atoms with van der Waals surface area (Å²) >= 11 is 0. The van der Waals surface area contributed by atoms with Crippen molar-refractivity contribution in [2.75, 3.05) is 6.54 Å². The fraction of sp³-hybridized carbons (Fsp3) is 0.600. The number of hydrogen-bond donors (Lipinski definition) is 1. The van der Waals surface area contributed by atoms with Gasteiger partial charge < -0.3 is 9.88 Å². The summed E-state index contributed by atoms with van der Waals surface area (Å²) in [5, 5.41) is 3.07. The lowest BCUT2D eigenvalue weighted by Crippen LogP contribution is -2.34. The molecule has 3 atom stereocenters. The lowest BCUT2D eigenvalue weighted by Gasteiger charge is -2.17. The monoisotopic (exact) mass is 259 g/mol. The molecule has 1 aromatic heterocycles. The van der Waals surface area contributed by atoms with E-state index in [0.717, 1.165) is 18.7 Å². The fourth-order valence-corrected chi connectivity index (χ4v) is 3.28. The molecule has 2 bridgehead atoms. The Bertz CT molecular complexity index is 517. The van der Waals surface area contributed by atoms with Gasteiger partial charge in [-0.2, -0.15) is 0 Å². The largest absolute Gasteiger partial charge is 0.354 e. The van der Waals surface area contributed by atoms with E-state index in [1.165, 1.54) is 12.1 Å². The van der Waals surface area contributed by atoms with Gasteiger partial charge in [0.05, 0.1) is 12.0 Å².